The van der Waals surface area contributed by atoms with Crippen LogP contribution in [-0.2, 0) is 0 Å². The van der Waals surface area contributed by atoms with Gasteiger partial charge in [0.2, 0.25) is 0 Å². The summed E-state index contributed by atoms with van der Waals surface area (Å²) in [6.07, 6.45) is 1.66. The molecule has 0 saturated carbocycles. The molecule has 0 atom stereocenters. The minimum Gasteiger partial charge on any atom is -0.466 e. The van der Waals surface area contributed by atoms with Gasteiger partial charge in [-0.25, -0.2) is 5.43 Å². The second kappa shape index (κ2) is 5.52. The Hall–Kier alpha value is -2.82. The molecule has 2 N–H and O–H groups in total. The minimum absolute atomic E-state index is 0.275. The van der Waals surface area contributed by atoms with E-state index in [1.165, 1.54) is 0 Å². The third-order valence-electron chi connectivity index (χ3n) is 3.59. The molecule has 0 radical (unpaired) electrons. The smallest absolute Gasteiger partial charge is 0.274 e. The van der Waals surface area contributed by atoms with Crippen molar-refractivity contribution in [1.82, 2.24) is 10.4 Å². The third kappa shape index (κ3) is 2.53. The summed E-state index contributed by atoms with van der Waals surface area (Å²) in [4.78, 5) is 15.4. The van der Waals surface area contributed by atoms with E-state index in [2.05, 4.69) is 15.5 Å². The van der Waals surface area contributed by atoms with Gasteiger partial charge < -0.3 is 9.40 Å². The maximum Gasteiger partial charge on any atom is 0.274 e. The first-order valence-corrected chi connectivity index (χ1v) is 7.04. The number of nitrogens with zero attached hydrogens (tertiary/aromatic N) is 1. The highest BCUT2D eigenvalue weighted by Crippen LogP contribution is 2.20. The third-order valence-corrected chi connectivity index (χ3v) is 3.59. The molecule has 112 valence electrons. The van der Waals surface area contributed by atoms with Crippen LogP contribution in [0.4, 0.5) is 0 Å². The second-order valence-electron chi connectivity index (χ2n) is 5.24. The molecule has 2 heterocycles. The number of H-pyrrole nitrogens is 1. The molecule has 0 aliphatic carbocycles. The van der Waals surface area contributed by atoms with Gasteiger partial charge in [0.05, 0.1) is 11.8 Å². The fraction of sp³-hybridized carbons (Fsp3) is 0.176. The number of rotatable bonds is 3. The summed E-state index contributed by atoms with van der Waals surface area (Å²) >= 11 is 0. The van der Waals surface area contributed by atoms with Crippen LogP contribution in [0.25, 0.3) is 10.9 Å². The first kappa shape index (κ1) is 14.1. The molecule has 2 aromatic heterocycles. The van der Waals surface area contributed by atoms with Crippen molar-refractivity contribution >= 4 is 23.0 Å². The van der Waals surface area contributed by atoms with E-state index in [9.17, 15) is 4.79 Å². The molecule has 1 aromatic carbocycles. The van der Waals surface area contributed by atoms with E-state index in [0.717, 1.165) is 22.2 Å². The molecular weight excluding hydrogens is 278 g/mol. The molecule has 0 spiro atoms. The summed E-state index contributed by atoms with van der Waals surface area (Å²) in [7, 11) is 0. The predicted molar refractivity (Wildman–Crippen MR) is 86.3 cm³/mol. The summed E-state index contributed by atoms with van der Waals surface area (Å²) in [5.74, 6) is 1.02. The van der Waals surface area contributed by atoms with E-state index in [1.807, 2.05) is 38.1 Å². The number of carbonyl (C=O) groups is 1. The molecule has 0 unspecified atom stereocenters. The predicted octanol–water partition coefficient (Wildman–Crippen LogP) is 3.45. The maximum atomic E-state index is 12.1. The highest BCUT2D eigenvalue weighted by molar-refractivity contribution is 6.01. The van der Waals surface area contributed by atoms with Crippen molar-refractivity contribution in [1.29, 1.82) is 0 Å². The van der Waals surface area contributed by atoms with Crippen LogP contribution < -0.4 is 5.43 Å². The summed E-state index contributed by atoms with van der Waals surface area (Å²) in [5, 5.41) is 5.14. The zero-order chi connectivity index (χ0) is 15.7. The number of aromatic nitrogens is 1. The Kier molecular flexibility index (Phi) is 3.55. The van der Waals surface area contributed by atoms with Gasteiger partial charge in [-0.3, -0.25) is 4.79 Å². The molecule has 5 nitrogen and oxygen atoms in total. The zero-order valence-electron chi connectivity index (χ0n) is 12.7. The van der Waals surface area contributed by atoms with Crippen LogP contribution in [0, 0.1) is 20.8 Å². The Balaban J connectivity index is 1.81. The van der Waals surface area contributed by atoms with E-state index in [-0.39, 0.29) is 5.91 Å². The van der Waals surface area contributed by atoms with Gasteiger partial charge in [0.1, 0.15) is 11.5 Å². The Bertz CT molecular complexity index is 871. The Morgan fingerprint density at radius 1 is 1.27 bits per heavy atom. The summed E-state index contributed by atoms with van der Waals surface area (Å²) in [6.45, 7) is 5.55. The van der Waals surface area contributed by atoms with Crippen molar-refractivity contribution in [2.45, 2.75) is 20.8 Å². The van der Waals surface area contributed by atoms with E-state index in [4.69, 9.17) is 4.42 Å². The molecule has 5 heteroatoms. The lowest BCUT2D eigenvalue weighted by molar-refractivity contribution is 0.0953. The van der Waals surface area contributed by atoms with Crippen LogP contribution in [0.2, 0.25) is 0 Å². The van der Waals surface area contributed by atoms with Gasteiger partial charge in [-0.1, -0.05) is 18.2 Å². The number of hydrogen-bond acceptors (Lipinski definition) is 3. The van der Waals surface area contributed by atoms with Crippen LogP contribution in [0.3, 0.4) is 0 Å². The van der Waals surface area contributed by atoms with E-state index >= 15 is 0 Å². The Morgan fingerprint density at radius 2 is 2.05 bits per heavy atom. The summed E-state index contributed by atoms with van der Waals surface area (Å²) in [5.41, 5.74) is 6.07. The summed E-state index contributed by atoms with van der Waals surface area (Å²) in [6, 6.07) is 9.69. The van der Waals surface area contributed by atoms with Crippen molar-refractivity contribution in [3.63, 3.8) is 0 Å². The van der Waals surface area contributed by atoms with Gasteiger partial charge in [0.25, 0.3) is 5.91 Å². The van der Waals surface area contributed by atoms with Gasteiger partial charge in [0.15, 0.2) is 0 Å². The number of aryl methyl sites for hydroxylation is 3. The lowest BCUT2D eigenvalue weighted by atomic mass is 10.1. The van der Waals surface area contributed by atoms with Crippen LogP contribution in [-0.4, -0.2) is 17.1 Å². The standard InChI is InChI=1S/C17H17N3O2/c1-10-8-14(12(3)22-10)17(21)20-18-9-15-11(2)19-16-7-5-4-6-13(15)16/h4-9,19H,1-3H3,(H,20,21)/b18-9+. The summed E-state index contributed by atoms with van der Waals surface area (Å²) < 4.78 is 5.35. The number of hydrazone groups is 1. The lowest BCUT2D eigenvalue weighted by Crippen LogP contribution is -2.17. The molecule has 0 fully saturated rings. The van der Waals surface area contributed by atoms with Crippen molar-refractivity contribution < 1.29 is 9.21 Å². The molecule has 3 aromatic rings. The van der Waals surface area contributed by atoms with E-state index in [1.54, 1.807) is 19.2 Å². The largest absolute Gasteiger partial charge is 0.466 e. The fourth-order valence-corrected chi connectivity index (χ4v) is 2.54. The van der Waals surface area contributed by atoms with Gasteiger partial charge in [0, 0.05) is 22.2 Å². The topological polar surface area (TPSA) is 70.4 Å². The van der Waals surface area contributed by atoms with Crippen LogP contribution in [0.5, 0.6) is 0 Å². The molecule has 1 amide bonds. The number of furan rings is 1. The Morgan fingerprint density at radius 3 is 2.77 bits per heavy atom. The molecular formula is C17H17N3O2. The van der Waals surface area contributed by atoms with Crippen LogP contribution in [0.15, 0.2) is 39.9 Å². The number of amides is 1. The number of aromatic amines is 1. The first-order valence-electron chi connectivity index (χ1n) is 7.04. The monoisotopic (exact) mass is 295 g/mol. The maximum absolute atomic E-state index is 12.1. The van der Waals surface area contributed by atoms with Gasteiger partial charge in [-0.05, 0) is 32.9 Å². The molecule has 0 bridgehead atoms. The van der Waals surface area contributed by atoms with Crippen LogP contribution in [0.1, 0.15) is 33.1 Å². The number of hydrogen-bond donors (Lipinski definition) is 2. The molecule has 0 aliphatic rings. The number of fused-ring (bicyclic) bond motifs is 1. The molecule has 0 saturated heterocycles. The normalized spacial score (nSPS) is 11.4. The average Bonchev–Trinajstić information content (AvgIpc) is 2.98. The van der Waals surface area contributed by atoms with E-state index in [0.29, 0.717) is 17.1 Å². The van der Waals surface area contributed by atoms with Gasteiger partial charge in [-0.15, -0.1) is 0 Å². The number of carbonyl (C=O) groups excluding carboxylic acids is 1. The lowest BCUT2D eigenvalue weighted by Gasteiger charge is -1.97. The van der Waals surface area contributed by atoms with Crippen molar-refractivity contribution in [2.24, 2.45) is 5.10 Å². The highest BCUT2D eigenvalue weighted by atomic mass is 16.3. The van der Waals surface area contributed by atoms with Crippen molar-refractivity contribution in [2.75, 3.05) is 0 Å². The zero-order valence-corrected chi connectivity index (χ0v) is 12.7. The molecule has 0 aliphatic heterocycles. The minimum atomic E-state index is -0.275. The second-order valence-corrected chi connectivity index (χ2v) is 5.24. The van der Waals surface area contributed by atoms with Gasteiger partial charge in [-0.2, -0.15) is 5.10 Å². The molecule has 3 rings (SSSR count). The van der Waals surface area contributed by atoms with E-state index < -0.39 is 0 Å². The quantitative estimate of drug-likeness (QED) is 0.574. The van der Waals surface area contributed by atoms with Crippen molar-refractivity contribution in [3.05, 3.63) is 58.7 Å². The fourth-order valence-electron chi connectivity index (χ4n) is 2.54. The molecule has 22 heavy (non-hydrogen) atoms. The van der Waals surface area contributed by atoms with Crippen molar-refractivity contribution in [3.8, 4) is 0 Å². The SMILES string of the molecule is Cc1cc(C(=O)N/N=C/c2c(C)[nH]c3ccccc23)c(C)o1. The van der Waals surface area contributed by atoms with Crippen LogP contribution >= 0.6 is 0 Å². The number of benzene rings is 1. The highest BCUT2D eigenvalue weighted by Gasteiger charge is 2.12. The van der Waals surface area contributed by atoms with Gasteiger partial charge >= 0.3 is 0 Å². The Labute approximate surface area is 128 Å². The number of para-hydroxylation sites is 1. The average molecular weight is 295 g/mol. The number of nitrogens with one attached hydrogen (secondary N) is 2. The first-order chi connectivity index (χ1) is 10.6.